The van der Waals surface area contributed by atoms with Crippen LogP contribution < -0.4 is 4.74 Å². The van der Waals surface area contributed by atoms with E-state index in [9.17, 15) is 18.9 Å². The number of alkyl halides is 3. The molecule has 1 aliphatic rings. The molecule has 1 aromatic rings. The molecule has 0 saturated heterocycles. The van der Waals surface area contributed by atoms with E-state index in [1.807, 2.05) is 0 Å². The summed E-state index contributed by atoms with van der Waals surface area (Å²) in [5, 5.41) is 10.3. The lowest BCUT2D eigenvalue weighted by molar-refractivity contribution is -0.384. The Morgan fingerprint density at radius 2 is 1.84 bits per heavy atom. The van der Waals surface area contributed by atoms with Gasteiger partial charge in [-0.25, -0.2) is 8.78 Å². The average Bonchev–Trinajstić information content (AvgIpc) is 2.76. The van der Waals surface area contributed by atoms with Crippen LogP contribution in [0.4, 0.5) is 14.5 Å². The van der Waals surface area contributed by atoms with Crippen LogP contribution in [0.3, 0.4) is 0 Å². The minimum absolute atomic E-state index is 0.100. The second-order valence-electron chi connectivity index (χ2n) is 4.13. The van der Waals surface area contributed by atoms with Crippen LogP contribution in [-0.4, -0.2) is 22.3 Å². The third-order valence-corrected chi connectivity index (χ3v) is 3.75. The maximum atomic E-state index is 12.9. The highest BCUT2D eigenvalue weighted by Crippen LogP contribution is 2.58. The first-order valence-electron chi connectivity index (χ1n) is 4.99. The Hall–Kier alpha value is -0.850. The largest absolute Gasteiger partial charge is 0.488 e. The first kappa shape index (κ1) is 14.6. The molecule has 4 nitrogen and oxygen atoms in total. The van der Waals surface area contributed by atoms with Gasteiger partial charge in [0.1, 0.15) is 11.5 Å². The molecule has 0 spiro atoms. The first-order valence-corrected chi connectivity index (χ1v) is 6.13. The van der Waals surface area contributed by atoms with Crippen LogP contribution in [0.1, 0.15) is 6.42 Å². The number of rotatable bonds is 4. The van der Waals surface area contributed by atoms with Gasteiger partial charge in [-0.15, -0.1) is 11.6 Å². The Kier molecular flexibility index (Phi) is 3.53. The van der Waals surface area contributed by atoms with Gasteiger partial charge in [0.25, 0.3) is 11.6 Å². The van der Waals surface area contributed by atoms with Crippen molar-refractivity contribution in [1.29, 1.82) is 0 Å². The number of nitro benzene ring substituents is 1. The van der Waals surface area contributed by atoms with Crippen LogP contribution in [-0.2, 0) is 0 Å². The van der Waals surface area contributed by atoms with Crippen LogP contribution in [0.25, 0.3) is 0 Å². The van der Waals surface area contributed by atoms with Crippen LogP contribution in [0.15, 0.2) is 12.1 Å². The molecule has 1 aliphatic carbocycles. The molecule has 0 bridgehead atoms. The summed E-state index contributed by atoms with van der Waals surface area (Å²) in [6, 6.07) is 2.05. The summed E-state index contributed by atoms with van der Waals surface area (Å²) < 4.78 is 30.8. The van der Waals surface area contributed by atoms with Crippen LogP contribution in [0, 0.1) is 10.1 Å². The number of hydrogen-bond acceptors (Lipinski definition) is 3. The highest BCUT2D eigenvalue weighted by atomic mass is 35.5. The number of hydrogen-bond donors (Lipinski definition) is 0. The summed E-state index contributed by atoms with van der Waals surface area (Å²) in [6.07, 6.45) is -0.496. The molecule has 19 heavy (non-hydrogen) atoms. The number of nitrogens with zero attached hydrogens (tertiary/aromatic N) is 1. The normalized spacial score (nSPS) is 24.1. The van der Waals surface area contributed by atoms with E-state index >= 15 is 0 Å². The van der Waals surface area contributed by atoms with Crippen molar-refractivity contribution >= 4 is 40.5 Å². The quantitative estimate of drug-likeness (QED) is 0.469. The van der Waals surface area contributed by atoms with Gasteiger partial charge in [-0.05, 0) is 0 Å². The second kappa shape index (κ2) is 4.61. The van der Waals surface area contributed by atoms with Gasteiger partial charge in [-0.3, -0.25) is 10.1 Å². The molecule has 0 amide bonds. The Morgan fingerprint density at radius 3 is 2.21 bits per heavy atom. The molecule has 0 N–H and O–H groups in total. The maximum absolute atomic E-state index is 12.9. The van der Waals surface area contributed by atoms with Crippen molar-refractivity contribution in [3.8, 4) is 5.75 Å². The van der Waals surface area contributed by atoms with Crippen molar-refractivity contribution in [2.45, 2.75) is 17.2 Å². The molecule has 1 saturated carbocycles. The third kappa shape index (κ3) is 2.70. The summed E-state index contributed by atoms with van der Waals surface area (Å²) in [5.41, 5.74) is -0.320. The molecule has 1 fully saturated rings. The van der Waals surface area contributed by atoms with Gasteiger partial charge in [-0.2, -0.15) is 0 Å². The maximum Gasteiger partial charge on any atom is 0.272 e. The lowest BCUT2D eigenvalue weighted by Gasteiger charge is -2.13. The van der Waals surface area contributed by atoms with E-state index in [1.165, 1.54) is 0 Å². The van der Waals surface area contributed by atoms with E-state index in [-0.39, 0.29) is 21.5 Å². The highest BCUT2D eigenvalue weighted by molar-refractivity contribution is 6.37. The zero-order valence-corrected chi connectivity index (χ0v) is 11.4. The lowest BCUT2D eigenvalue weighted by atomic mass is 10.3. The molecule has 0 heterocycles. The second-order valence-corrected chi connectivity index (χ2v) is 5.67. The minimum Gasteiger partial charge on any atom is -0.488 e. The monoisotopic (exact) mass is 331 g/mol. The molecule has 1 atom stereocenters. The fraction of sp³-hybridized carbons (Fsp3) is 0.400. The van der Waals surface area contributed by atoms with E-state index in [2.05, 4.69) is 0 Å². The zero-order valence-electron chi connectivity index (χ0n) is 9.13. The summed E-state index contributed by atoms with van der Waals surface area (Å²) in [5.74, 6) is -3.09. The number of non-ortho nitro benzene ring substituents is 1. The predicted molar refractivity (Wildman–Crippen MR) is 66.8 cm³/mol. The van der Waals surface area contributed by atoms with Gasteiger partial charge in [0.2, 0.25) is 0 Å². The standard InChI is InChI=1S/C10H6Cl3F2NO3/c11-6-1-5(16(17)18)2-7(12)8(6)19-4-9(13)3-10(9,14)15/h1-2H,3-4H2. The SMILES string of the molecule is O=[N+]([O-])c1cc(Cl)c(OCC2(Cl)CC2(F)F)c(Cl)c1. The Labute approximate surface area is 121 Å². The Bertz CT molecular complexity index is 532. The molecular weight excluding hydrogens is 326 g/mol. The van der Waals surface area contributed by atoms with Crippen LogP contribution in [0.5, 0.6) is 5.75 Å². The van der Waals surface area contributed by atoms with Crippen molar-refractivity contribution in [1.82, 2.24) is 0 Å². The molecule has 9 heteroatoms. The van der Waals surface area contributed by atoms with E-state index in [0.29, 0.717) is 0 Å². The van der Waals surface area contributed by atoms with Crippen LogP contribution in [0.2, 0.25) is 10.0 Å². The van der Waals surface area contributed by atoms with Crippen molar-refractivity contribution in [3.05, 3.63) is 32.3 Å². The topological polar surface area (TPSA) is 52.4 Å². The fourth-order valence-corrected chi connectivity index (χ4v) is 2.25. The van der Waals surface area contributed by atoms with E-state index < -0.39 is 28.7 Å². The van der Waals surface area contributed by atoms with E-state index in [0.717, 1.165) is 12.1 Å². The van der Waals surface area contributed by atoms with Gasteiger partial charge < -0.3 is 4.74 Å². The number of ether oxygens (including phenoxy) is 1. The Morgan fingerprint density at radius 1 is 1.37 bits per heavy atom. The van der Waals surface area contributed by atoms with E-state index in [1.54, 1.807) is 0 Å². The van der Waals surface area contributed by atoms with Crippen molar-refractivity contribution in [2.75, 3.05) is 6.61 Å². The summed E-state index contributed by atoms with van der Waals surface area (Å²) >= 11 is 17.1. The molecule has 104 valence electrons. The summed E-state index contributed by atoms with van der Waals surface area (Å²) in [7, 11) is 0. The molecule has 0 aliphatic heterocycles. The predicted octanol–water partition coefficient (Wildman–Crippen LogP) is 4.30. The summed E-state index contributed by atoms with van der Waals surface area (Å²) in [4.78, 5) is 8.11. The van der Waals surface area contributed by atoms with Gasteiger partial charge in [0.05, 0.1) is 15.0 Å². The number of benzene rings is 1. The van der Waals surface area contributed by atoms with Gasteiger partial charge >= 0.3 is 0 Å². The van der Waals surface area contributed by atoms with Crippen molar-refractivity contribution < 1.29 is 18.4 Å². The van der Waals surface area contributed by atoms with Crippen molar-refractivity contribution in [3.63, 3.8) is 0 Å². The Balaban J connectivity index is 2.16. The molecular formula is C10H6Cl3F2NO3. The zero-order chi connectivity index (χ0) is 14.4. The first-order chi connectivity index (χ1) is 8.66. The fourth-order valence-electron chi connectivity index (χ4n) is 1.44. The summed E-state index contributed by atoms with van der Waals surface area (Å²) in [6.45, 7) is -0.487. The van der Waals surface area contributed by atoms with Crippen LogP contribution >= 0.6 is 34.8 Å². The average molecular weight is 333 g/mol. The van der Waals surface area contributed by atoms with E-state index in [4.69, 9.17) is 39.5 Å². The van der Waals surface area contributed by atoms with Gasteiger partial charge in [-0.1, -0.05) is 23.2 Å². The molecule has 1 aromatic carbocycles. The third-order valence-electron chi connectivity index (χ3n) is 2.67. The molecule has 0 aromatic heterocycles. The number of nitro groups is 1. The van der Waals surface area contributed by atoms with Gasteiger partial charge in [0.15, 0.2) is 5.75 Å². The molecule has 2 rings (SSSR count). The van der Waals surface area contributed by atoms with Gasteiger partial charge in [0, 0.05) is 18.6 Å². The minimum atomic E-state index is -2.99. The van der Waals surface area contributed by atoms with Crippen molar-refractivity contribution in [2.24, 2.45) is 0 Å². The smallest absolute Gasteiger partial charge is 0.272 e. The molecule has 1 unspecified atom stereocenters. The number of halogens is 5. The lowest BCUT2D eigenvalue weighted by Crippen LogP contribution is -2.20. The highest BCUT2D eigenvalue weighted by Gasteiger charge is 2.71. The molecule has 0 radical (unpaired) electrons.